The Morgan fingerprint density at radius 1 is 1.39 bits per heavy atom. The number of carbonyl (C=O) groups is 2. The topological polar surface area (TPSA) is 46.2 Å². The highest BCUT2D eigenvalue weighted by atomic mass is 16.2. The average Bonchev–Trinajstić information content (AvgIpc) is 2.39. The number of ketones is 1. The molecule has 0 spiro atoms. The van der Waals surface area contributed by atoms with Crippen molar-refractivity contribution in [3.63, 3.8) is 0 Å². The Labute approximate surface area is 111 Å². The van der Waals surface area contributed by atoms with Crippen molar-refractivity contribution in [1.29, 1.82) is 0 Å². The van der Waals surface area contributed by atoms with E-state index in [4.69, 9.17) is 0 Å². The molecule has 0 aromatic rings. The minimum Gasteiger partial charge on any atom is -0.346 e. The summed E-state index contributed by atoms with van der Waals surface area (Å²) in [5.74, 6) is 0.633. The van der Waals surface area contributed by atoms with Crippen LogP contribution in [0.2, 0.25) is 0 Å². The molecule has 1 N–H and O–H groups in total. The first-order valence-electron chi connectivity index (χ1n) is 7.10. The second-order valence-electron chi connectivity index (χ2n) is 6.91. The van der Waals surface area contributed by atoms with Crippen LogP contribution in [0.3, 0.4) is 0 Å². The minimum atomic E-state index is -0.234. The van der Waals surface area contributed by atoms with Crippen LogP contribution < -0.4 is 5.32 Å². The third-order valence-corrected chi connectivity index (χ3v) is 3.38. The minimum absolute atomic E-state index is 0.0364. The van der Waals surface area contributed by atoms with Crippen LogP contribution in [0.1, 0.15) is 66.2 Å². The van der Waals surface area contributed by atoms with Gasteiger partial charge in [-0.05, 0) is 30.6 Å². The van der Waals surface area contributed by atoms with E-state index in [-0.39, 0.29) is 23.1 Å². The molecule has 18 heavy (non-hydrogen) atoms. The van der Waals surface area contributed by atoms with E-state index in [9.17, 15) is 9.59 Å². The van der Waals surface area contributed by atoms with E-state index >= 15 is 0 Å². The third kappa shape index (κ3) is 5.65. The fraction of sp³-hybridized carbons (Fsp3) is 0.867. The smallest absolute Gasteiger partial charge is 0.220 e. The van der Waals surface area contributed by atoms with Crippen molar-refractivity contribution in [2.45, 2.75) is 72.3 Å². The molecule has 0 aliphatic carbocycles. The van der Waals surface area contributed by atoms with Crippen LogP contribution in [0.15, 0.2) is 0 Å². The molecule has 104 valence electrons. The summed E-state index contributed by atoms with van der Waals surface area (Å²) in [6.07, 6.45) is 4.89. The Kier molecular flexibility index (Phi) is 5.36. The number of hydrogen-bond acceptors (Lipinski definition) is 2. The summed E-state index contributed by atoms with van der Waals surface area (Å²) < 4.78 is 0. The van der Waals surface area contributed by atoms with Crippen LogP contribution in [0.5, 0.6) is 0 Å². The van der Waals surface area contributed by atoms with Crippen molar-refractivity contribution in [2.24, 2.45) is 11.3 Å². The predicted molar refractivity (Wildman–Crippen MR) is 73.3 cm³/mol. The molecule has 1 amide bonds. The fourth-order valence-electron chi connectivity index (χ4n) is 2.82. The Balaban J connectivity index is 2.46. The Bertz CT molecular complexity index is 304. The highest BCUT2D eigenvalue weighted by molar-refractivity contribution is 5.89. The van der Waals surface area contributed by atoms with Crippen molar-refractivity contribution in [3.05, 3.63) is 0 Å². The molecule has 1 saturated heterocycles. The molecular formula is C15H27NO2. The van der Waals surface area contributed by atoms with E-state index in [1.807, 2.05) is 0 Å². The first kappa shape index (κ1) is 15.2. The summed E-state index contributed by atoms with van der Waals surface area (Å²) in [5.41, 5.74) is 0.256. The molecule has 0 bridgehead atoms. The monoisotopic (exact) mass is 253 g/mol. The summed E-state index contributed by atoms with van der Waals surface area (Å²) in [7, 11) is 0. The number of hydrogen-bond donors (Lipinski definition) is 1. The van der Waals surface area contributed by atoms with E-state index in [1.165, 1.54) is 0 Å². The second kappa shape index (κ2) is 6.35. The van der Waals surface area contributed by atoms with Gasteiger partial charge < -0.3 is 5.32 Å². The first-order valence-corrected chi connectivity index (χ1v) is 7.10. The first-order chi connectivity index (χ1) is 8.28. The zero-order chi connectivity index (χ0) is 13.8. The van der Waals surface area contributed by atoms with Crippen LogP contribution in [0.25, 0.3) is 0 Å². The molecule has 1 fully saturated rings. The van der Waals surface area contributed by atoms with Gasteiger partial charge in [-0.2, -0.15) is 0 Å². The van der Waals surface area contributed by atoms with Gasteiger partial charge in [0.05, 0.1) is 6.04 Å². The maximum Gasteiger partial charge on any atom is 0.220 e. The Hall–Kier alpha value is -0.860. The van der Waals surface area contributed by atoms with Crippen LogP contribution >= 0.6 is 0 Å². The maximum absolute atomic E-state index is 12.2. The third-order valence-electron chi connectivity index (χ3n) is 3.38. The van der Waals surface area contributed by atoms with E-state index in [2.05, 4.69) is 33.0 Å². The lowest BCUT2D eigenvalue weighted by Gasteiger charge is -2.24. The van der Waals surface area contributed by atoms with Crippen LogP contribution in [0.4, 0.5) is 0 Å². The number of nitrogens with one attached hydrogen (secondary N) is 1. The lowest BCUT2D eigenvalue weighted by atomic mass is 9.82. The molecule has 2 unspecified atom stereocenters. The molecule has 0 saturated carbocycles. The second-order valence-corrected chi connectivity index (χ2v) is 6.91. The van der Waals surface area contributed by atoms with Crippen LogP contribution in [-0.2, 0) is 9.59 Å². The van der Waals surface area contributed by atoms with Crippen molar-refractivity contribution in [3.8, 4) is 0 Å². The van der Waals surface area contributed by atoms with E-state index in [0.29, 0.717) is 18.8 Å². The number of rotatable bonds is 4. The Morgan fingerprint density at radius 3 is 2.67 bits per heavy atom. The molecular weight excluding hydrogens is 226 g/mol. The van der Waals surface area contributed by atoms with E-state index in [1.54, 1.807) is 0 Å². The average molecular weight is 253 g/mol. The summed E-state index contributed by atoms with van der Waals surface area (Å²) in [5, 5.41) is 2.86. The van der Waals surface area contributed by atoms with Gasteiger partial charge in [0, 0.05) is 12.8 Å². The molecule has 3 heteroatoms. The molecule has 2 atom stereocenters. The summed E-state index contributed by atoms with van der Waals surface area (Å²) in [6, 6.07) is -0.234. The molecule has 3 nitrogen and oxygen atoms in total. The molecule has 1 aliphatic rings. The van der Waals surface area contributed by atoms with Gasteiger partial charge in [0.25, 0.3) is 0 Å². The number of amides is 1. The van der Waals surface area contributed by atoms with Crippen LogP contribution in [-0.4, -0.2) is 17.7 Å². The zero-order valence-corrected chi connectivity index (χ0v) is 12.2. The number of carbonyl (C=O) groups excluding carboxylic acids is 2. The highest BCUT2D eigenvalue weighted by Crippen LogP contribution is 2.26. The van der Waals surface area contributed by atoms with Crippen molar-refractivity contribution in [1.82, 2.24) is 5.32 Å². The summed E-state index contributed by atoms with van der Waals surface area (Å²) >= 11 is 0. The van der Waals surface area contributed by atoms with Gasteiger partial charge >= 0.3 is 0 Å². The quantitative estimate of drug-likeness (QED) is 0.837. The molecule has 0 radical (unpaired) electrons. The lowest BCUT2D eigenvalue weighted by molar-refractivity contribution is -0.127. The predicted octanol–water partition coefficient (Wildman–Crippen LogP) is 3.08. The SMILES string of the molecule is CC(CC(=O)C1CCCCC(=O)N1)CC(C)(C)C. The van der Waals surface area contributed by atoms with Gasteiger partial charge in [0.2, 0.25) is 5.91 Å². The summed E-state index contributed by atoms with van der Waals surface area (Å²) in [4.78, 5) is 23.6. The van der Waals surface area contributed by atoms with Crippen molar-refractivity contribution >= 4 is 11.7 Å². The normalized spacial score (nSPS) is 23.1. The van der Waals surface area contributed by atoms with Gasteiger partial charge in [-0.25, -0.2) is 0 Å². The van der Waals surface area contributed by atoms with Crippen LogP contribution in [0, 0.1) is 11.3 Å². The van der Waals surface area contributed by atoms with Gasteiger partial charge in [0.1, 0.15) is 0 Å². The molecule has 0 aromatic carbocycles. The standard InChI is InChI=1S/C15H27NO2/c1-11(10-15(2,3)4)9-13(17)12-7-5-6-8-14(18)16-12/h11-12H,5-10H2,1-4H3,(H,16,18). The number of Topliss-reactive ketones (excluding diaryl/α,β-unsaturated/α-hetero) is 1. The molecule has 1 rings (SSSR count). The highest BCUT2D eigenvalue weighted by Gasteiger charge is 2.25. The van der Waals surface area contributed by atoms with Crippen molar-refractivity contribution in [2.75, 3.05) is 0 Å². The molecule has 1 heterocycles. The Morgan fingerprint density at radius 2 is 2.06 bits per heavy atom. The van der Waals surface area contributed by atoms with Gasteiger partial charge in [-0.1, -0.05) is 34.1 Å². The molecule has 1 aliphatic heterocycles. The van der Waals surface area contributed by atoms with E-state index in [0.717, 1.165) is 25.7 Å². The van der Waals surface area contributed by atoms with Gasteiger partial charge in [-0.3, -0.25) is 9.59 Å². The summed E-state index contributed by atoms with van der Waals surface area (Å²) in [6.45, 7) is 8.71. The van der Waals surface area contributed by atoms with Gasteiger partial charge in [0.15, 0.2) is 5.78 Å². The zero-order valence-electron chi connectivity index (χ0n) is 12.2. The fourth-order valence-corrected chi connectivity index (χ4v) is 2.82. The molecule has 0 aromatic heterocycles. The lowest BCUT2D eigenvalue weighted by Crippen LogP contribution is -2.39. The van der Waals surface area contributed by atoms with Crippen molar-refractivity contribution < 1.29 is 9.59 Å². The van der Waals surface area contributed by atoms with E-state index < -0.39 is 0 Å². The largest absolute Gasteiger partial charge is 0.346 e. The maximum atomic E-state index is 12.2. The van der Waals surface area contributed by atoms with Gasteiger partial charge in [-0.15, -0.1) is 0 Å².